The molecule has 1 aromatic rings. The molecule has 1 heterocycles. The number of nitrogen functional groups attached to an aromatic ring is 1. The summed E-state index contributed by atoms with van der Waals surface area (Å²) in [7, 11) is 2.69. The number of ether oxygens (including phenoxy) is 1. The van der Waals surface area contributed by atoms with Crippen molar-refractivity contribution in [3.8, 4) is 0 Å². The predicted molar refractivity (Wildman–Crippen MR) is 72.0 cm³/mol. The van der Waals surface area contributed by atoms with Gasteiger partial charge in [0.1, 0.15) is 6.04 Å². The maximum absolute atomic E-state index is 11.8. The molecule has 1 saturated heterocycles. The Balaban J connectivity index is 2.25. The molecule has 1 unspecified atom stereocenters. The smallest absolute Gasteiger partial charge is 0.340 e. The van der Waals surface area contributed by atoms with Gasteiger partial charge in [-0.05, 0) is 12.1 Å². The normalized spacial score (nSPS) is 18.3. The number of rotatable bonds is 3. The van der Waals surface area contributed by atoms with E-state index in [1.807, 2.05) is 0 Å². The quantitative estimate of drug-likeness (QED) is 0.465. The third-order valence-electron chi connectivity index (χ3n) is 3.22. The second-order valence-electron chi connectivity index (χ2n) is 4.45. The molecule has 1 aliphatic heterocycles. The van der Waals surface area contributed by atoms with Gasteiger partial charge in [0, 0.05) is 7.05 Å². The molecule has 0 radical (unpaired) electrons. The Hall–Kier alpha value is -2.57. The Morgan fingerprint density at radius 3 is 2.70 bits per heavy atom. The van der Waals surface area contributed by atoms with E-state index in [1.165, 1.54) is 20.2 Å². The van der Waals surface area contributed by atoms with Gasteiger partial charge in [0.05, 0.1) is 30.5 Å². The zero-order valence-electron chi connectivity index (χ0n) is 11.2. The molecule has 106 valence electrons. The summed E-state index contributed by atoms with van der Waals surface area (Å²) >= 11 is 0. The van der Waals surface area contributed by atoms with Crippen LogP contribution in [0.1, 0.15) is 16.8 Å². The van der Waals surface area contributed by atoms with Crippen LogP contribution in [0.25, 0.3) is 0 Å². The van der Waals surface area contributed by atoms with E-state index in [1.54, 1.807) is 12.1 Å². The van der Waals surface area contributed by atoms with Crippen molar-refractivity contribution >= 4 is 29.2 Å². The first-order valence-corrected chi connectivity index (χ1v) is 5.99. The monoisotopic (exact) mass is 277 g/mol. The summed E-state index contributed by atoms with van der Waals surface area (Å²) in [5, 5.41) is 2.89. The van der Waals surface area contributed by atoms with Crippen molar-refractivity contribution in [2.75, 3.05) is 25.2 Å². The number of benzene rings is 1. The van der Waals surface area contributed by atoms with Crippen LogP contribution in [0.2, 0.25) is 0 Å². The van der Waals surface area contributed by atoms with Gasteiger partial charge >= 0.3 is 5.97 Å². The number of para-hydroxylation sites is 1. The van der Waals surface area contributed by atoms with Crippen LogP contribution in [0.5, 0.6) is 0 Å². The fourth-order valence-electron chi connectivity index (χ4n) is 2.04. The van der Waals surface area contributed by atoms with Crippen LogP contribution in [0.15, 0.2) is 18.2 Å². The summed E-state index contributed by atoms with van der Waals surface area (Å²) in [5.74, 6) is -1.13. The van der Waals surface area contributed by atoms with Gasteiger partial charge in [-0.2, -0.15) is 0 Å². The zero-order chi connectivity index (χ0) is 14.9. The lowest BCUT2D eigenvalue weighted by Gasteiger charge is -2.15. The molecule has 0 aliphatic carbocycles. The summed E-state index contributed by atoms with van der Waals surface area (Å²) in [4.78, 5) is 35.9. The molecule has 0 bridgehead atoms. The average molecular weight is 277 g/mol. The van der Waals surface area contributed by atoms with E-state index in [0.717, 1.165) is 4.90 Å². The number of nitrogens with two attached hydrogens (primary N) is 1. The number of nitrogens with one attached hydrogen (secondary N) is 1. The number of amides is 2. The van der Waals surface area contributed by atoms with Gasteiger partial charge in [-0.1, -0.05) is 6.07 Å². The number of anilines is 2. The molecule has 1 fully saturated rings. The van der Waals surface area contributed by atoms with Gasteiger partial charge in [-0.25, -0.2) is 4.79 Å². The first-order valence-electron chi connectivity index (χ1n) is 5.99. The summed E-state index contributed by atoms with van der Waals surface area (Å²) in [5.41, 5.74) is 6.70. The molecule has 0 aromatic heterocycles. The maximum Gasteiger partial charge on any atom is 0.340 e. The highest BCUT2D eigenvalue weighted by Gasteiger charge is 2.36. The molecule has 1 atom stereocenters. The predicted octanol–water partition coefficient (Wildman–Crippen LogP) is 0.225. The minimum Gasteiger partial charge on any atom is -0.465 e. The van der Waals surface area contributed by atoms with Crippen LogP contribution in [-0.4, -0.2) is 42.9 Å². The Labute approximate surface area is 115 Å². The van der Waals surface area contributed by atoms with Crippen molar-refractivity contribution < 1.29 is 19.1 Å². The van der Waals surface area contributed by atoms with E-state index in [9.17, 15) is 14.4 Å². The SMILES string of the molecule is COC(=O)c1cccc(NC2CC(=O)N(C)C2=O)c1N. The lowest BCUT2D eigenvalue weighted by molar-refractivity contribution is -0.136. The fraction of sp³-hybridized carbons (Fsp3) is 0.308. The summed E-state index contributed by atoms with van der Waals surface area (Å²) in [6.07, 6.45) is 0.0667. The summed E-state index contributed by atoms with van der Waals surface area (Å²) in [6, 6.07) is 4.12. The number of likely N-dealkylation sites (tertiary alicyclic amines) is 1. The maximum atomic E-state index is 11.8. The van der Waals surface area contributed by atoms with Gasteiger partial charge < -0.3 is 15.8 Å². The minimum atomic E-state index is -0.664. The number of nitrogens with zero attached hydrogens (tertiary/aromatic N) is 1. The Morgan fingerprint density at radius 2 is 2.15 bits per heavy atom. The van der Waals surface area contributed by atoms with Crippen LogP contribution < -0.4 is 11.1 Å². The van der Waals surface area contributed by atoms with E-state index < -0.39 is 12.0 Å². The number of carbonyl (C=O) groups is 3. The highest BCUT2D eigenvalue weighted by molar-refractivity contribution is 6.07. The third kappa shape index (κ3) is 2.29. The number of imide groups is 1. The molecule has 7 heteroatoms. The number of carbonyl (C=O) groups excluding carboxylic acids is 3. The van der Waals surface area contributed by atoms with Crippen LogP contribution in [-0.2, 0) is 14.3 Å². The number of esters is 1. The molecular weight excluding hydrogens is 262 g/mol. The molecular formula is C13H15N3O4. The van der Waals surface area contributed by atoms with Crippen molar-refractivity contribution in [1.29, 1.82) is 0 Å². The number of likely N-dealkylation sites (N-methyl/N-ethyl adjacent to an activating group) is 1. The van der Waals surface area contributed by atoms with Crippen molar-refractivity contribution in [2.45, 2.75) is 12.5 Å². The van der Waals surface area contributed by atoms with Gasteiger partial charge in [0.2, 0.25) is 5.91 Å². The van der Waals surface area contributed by atoms with Crippen molar-refractivity contribution in [1.82, 2.24) is 4.90 Å². The molecule has 0 saturated carbocycles. The van der Waals surface area contributed by atoms with Crippen LogP contribution in [0.3, 0.4) is 0 Å². The first kappa shape index (κ1) is 13.9. The molecule has 20 heavy (non-hydrogen) atoms. The highest BCUT2D eigenvalue weighted by Crippen LogP contribution is 2.26. The lowest BCUT2D eigenvalue weighted by atomic mass is 10.1. The highest BCUT2D eigenvalue weighted by atomic mass is 16.5. The van der Waals surface area contributed by atoms with E-state index >= 15 is 0 Å². The first-order chi connectivity index (χ1) is 9.45. The molecule has 2 rings (SSSR count). The largest absolute Gasteiger partial charge is 0.465 e. The second kappa shape index (κ2) is 5.20. The van der Waals surface area contributed by atoms with Gasteiger partial charge in [-0.3, -0.25) is 14.5 Å². The topological polar surface area (TPSA) is 102 Å². The minimum absolute atomic E-state index is 0.0667. The van der Waals surface area contributed by atoms with Gasteiger partial charge in [0.25, 0.3) is 5.91 Å². The standard InChI is InChI=1S/C13H15N3O4/c1-16-10(17)6-9(12(16)18)15-8-5-3-4-7(11(8)14)13(19)20-2/h3-5,9,15H,6,14H2,1-2H3. The molecule has 7 nitrogen and oxygen atoms in total. The van der Waals surface area contributed by atoms with E-state index in [4.69, 9.17) is 5.73 Å². The van der Waals surface area contributed by atoms with E-state index in [-0.39, 0.29) is 29.5 Å². The van der Waals surface area contributed by atoms with Crippen LogP contribution in [0, 0.1) is 0 Å². The summed E-state index contributed by atoms with van der Waals surface area (Å²) in [6.45, 7) is 0. The van der Waals surface area contributed by atoms with E-state index in [2.05, 4.69) is 10.1 Å². The zero-order valence-corrected chi connectivity index (χ0v) is 11.2. The molecule has 3 N–H and O–H groups in total. The summed E-state index contributed by atoms with van der Waals surface area (Å²) < 4.78 is 4.62. The second-order valence-corrected chi connectivity index (χ2v) is 4.45. The Morgan fingerprint density at radius 1 is 1.45 bits per heavy atom. The van der Waals surface area contributed by atoms with Crippen molar-refractivity contribution in [2.24, 2.45) is 0 Å². The van der Waals surface area contributed by atoms with Crippen LogP contribution in [0.4, 0.5) is 11.4 Å². The van der Waals surface area contributed by atoms with Crippen LogP contribution >= 0.6 is 0 Å². The Bertz CT molecular complexity index is 585. The number of hydrogen-bond donors (Lipinski definition) is 2. The molecule has 0 spiro atoms. The number of methoxy groups -OCH3 is 1. The molecule has 1 aliphatic rings. The van der Waals surface area contributed by atoms with Gasteiger partial charge in [-0.15, -0.1) is 0 Å². The Kier molecular flexibility index (Phi) is 3.60. The van der Waals surface area contributed by atoms with Crippen molar-refractivity contribution in [3.05, 3.63) is 23.8 Å². The molecule has 2 amide bonds. The van der Waals surface area contributed by atoms with E-state index in [0.29, 0.717) is 5.69 Å². The number of hydrogen-bond acceptors (Lipinski definition) is 6. The fourth-order valence-corrected chi connectivity index (χ4v) is 2.04. The van der Waals surface area contributed by atoms with Crippen molar-refractivity contribution in [3.63, 3.8) is 0 Å². The third-order valence-corrected chi connectivity index (χ3v) is 3.22. The molecule has 1 aromatic carbocycles. The average Bonchev–Trinajstić information content (AvgIpc) is 2.68. The lowest BCUT2D eigenvalue weighted by Crippen LogP contribution is -2.32. The van der Waals surface area contributed by atoms with Gasteiger partial charge in [0.15, 0.2) is 0 Å².